The van der Waals surface area contributed by atoms with Gasteiger partial charge in [-0.2, -0.15) is 5.10 Å². The molecule has 2 heterocycles. The zero-order chi connectivity index (χ0) is 12.5. The van der Waals surface area contributed by atoms with Crippen LogP contribution in [0.3, 0.4) is 0 Å². The predicted octanol–water partition coefficient (Wildman–Crippen LogP) is 2.28. The Bertz CT molecular complexity index is 716. The van der Waals surface area contributed by atoms with E-state index in [2.05, 4.69) is 15.4 Å². The zero-order valence-electron chi connectivity index (χ0n) is 9.62. The smallest absolute Gasteiger partial charge is 0.276 e. The number of fused-ring (bicyclic) bond motifs is 1. The summed E-state index contributed by atoms with van der Waals surface area (Å²) in [6.07, 6.45) is 1.73. The van der Waals surface area contributed by atoms with Crippen molar-refractivity contribution in [1.29, 1.82) is 0 Å². The molecule has 0 fully saturated rings. The number of amides is 1. The van der Waals surface area contributed by atoms with Crippen LogP contribution in [0.5, 0.6) is 0 Å². The summed E-state index contributed by atoms with van der Waals surface area (Å²) in [5, 5.41) is 6.85. The van der Waals surface area contributed by atoms with Gasteiger partial charge in [0.15, 0.2) is 5.69 Å². The summed E-state index contributed by atoms with van der Waals surface area (Å²) >= 11 is 1.58. The van der Waals surface area contributed by atoms with Gasteiger partial charge in [0.2, 0.25) is 0 Å². The molecule has 2 aromatic heterocycles. The molecular formula is C12H10N4OS. The molecule has 90 valence electrons. The molecule has 0 spiro atoms. The number of aromatic nitrogens is 3. The third-order valence-corrected chi connectivity index (χ3v) is 3.34. The number of hydrogen-bond acceptors (Lipinski definition) is 4. The number of nitrogens with one attached hydrogen (secondary N) is 1. The summed E-state index contributed by atoms with van der Waals surface area (Å²) in [6.45, 7) is 0. The Labute approximate surface area is 107 Å². The first-order valence-electron chi connectivity index (χ1n) is 5.36. The van der Waals surface area contributed by atoms with E-state index in [-0.39, 0.29) is 5.91 Å². The summed E-state index contributed by atoms with van der Waals surface area (Å²) in [7, 11) is 1.78. The number of nitrogens with zero attached hydrogens (tertiary/aromatic N) is 3. The van der Waals surface area contributed by atoms with Crippen LogP contribution in [0, 0.1) is 0 Å². The molecule has 3 aromatic rings. The summed E-state index contributed by atoms with van der Waals surface area (Å²) < 4.78 is 2.70. The summed E-state index contributed by atoms with van der Waals surface area (Å²) in [6, 6.07) is 7.34. The molecule has 1 N–H and O–H groups in total. The molecule has 0 saturated heterocycles. The molecule has 0 bridgehead atoms. The molecule has 1 aromatic carbocycles. The van der Waals surface area contributed by atoms with E-state index < -0.39 is 0 Å². The van der Waals surface area contributed by atoms with Gasteiger partial charge in [-0.05, 0) is 24.3 Å². The Balaban J connectivity index is 1.85. The van der Waals surface area contributed by atoms with Crippen molar-refractivity contribution in [2.45, 2.75) is 0 Å². The van der Waals surface area contributed by atoms with Crippen molar-refractivity contribution in [1.82, 2.24) is 14.8 Å². The van der Waals surface area contributed by atoms with Gasteiger partial charge in [-0.15, -0.1) is 11.3 Å². The topological polar surface area (TPSA) is 59.8 Å². The monoisotopic (exact) mass is 258 g/mol. The van der Waals surface area contributed by atoms with E-state index in [9.17, 15) is 4.79 Å². The van der Waals surface area contributed by atoms with Crippen LogP contribution < -0.4 is 5.32 Å². The van der Waals surface area contributed by atoms with Gasteiger partial charge in [0, 0.05) is 18.9 Å². The van der Waals surface area contributed by atoms with Gasteiger partial charge in [0.1, 0.15) is 0 Å². The number of benzene rings is 1. The Morgan fingerprint density at radius 1 is 1.39 bits per heavy atom. The van der Waals surface area contributed by atoms with E-state index in [1.807, 2.05) is 18.2 Å². The average molecular weight is 258 g/mol. The van der Waals surface area contributed by atoms with Crippen molar-refractivity contribution >= 4 is 33.1 Å². The van der Waals surface area contributed by atoms with E-state index in [0.717, 1.165) is 15.9 Å². The van der Waals surface area contributed by atoms with Crippen molar-refractivity contribution < 1.29 is 4.79 Å². The van der Waals surface area contributed by atoms with Gasteiger partial charge in [-0.1, -0.05) is 0 Å². The second-order valence-corrected chi connectivity index (χ2v) is 4.75. The Morgan fingerprint density at radius 3 is 3.06 bits per heavy atom. The Hall–Kier alpha value is -2.21. The lowest BCUT2D eigenvalue weighted by Gasteiger charge is -2.02. The zero-order valence-corrected chi connectivity index (χ0v) is 10.4. The van der Waals surface area contributed by atoms with E-state index in [1.54, 1.807) is 40.8 Å². The number of thiazole rings is 1. The van der Waals surface area contributed by atoms with Gasteiger partial charge in [0.25, 0.3) is 5.91 Å². The second-order valence-electron chi connectivity index (χ2n) is 3.86. The van der Waals surface area contributed by atoms with E-state index >= 15 is 0 Å². The predicted molar refractivity (Wildman–Crippen MR) is 70.8 cm³/mol. The number of hydrogen-bond donors (Lipinski definition) is 1. The molecule has 0 unspecified atom stereocenters. The second kappa shape index (κ2) is 4.23. The number of carbonyl (C=O) groups is 1. The SMILES string of the molecule is Cn1ccc(C(=O)Nc2ccc3scnc3c2)n1. The first-order chi connectivity index (χ1) is 8.72. The van der Waals surface area contributed by atoms with Crippen molar-refractivity contribution in [3.8, 4) is 0 Å². The lowest BCUT2D eigenvalue weighted by atomic mass is 10.3. The minimum atomic E-state index is -0.217. The maximum absolute atomic E-state index is 11.9. The minimum Gasteiger partial charge on any atom is -0.321 e. The van der Waals surface area contributed by atoms with E-state index in [0.29, 0.717) is 5.69 Å². The van der Waals surface area contributed by atoms with Gasteiger partial charge in [-0.25, -0.2) is 4.98 Å². The molecule has 6 heteroatoms. The fourth-order valence-electron chi connectivity index (χ4n) is 1.67. The fraction of sp³-hybridized carbons (Fsp3) is 0.0833. The average Bonchev–Trinajstić information content (AvgIpc) is 2.96. The van der Waals surface area contributed by atoms with Gasteiger partial charge in [-0.3, -0.25) is 9.48 Å². The van der Waals surface area contributed by atoms with Gasteiger partial charge in [0.05, 0.1) is 15.7 Å². The van der Waals surface area contributed by atoms with Crippen LogP contribution >= 0.6 is 11.3 Å². The molecule has 1 amide bonds. The van der Waals surface area contributed by atoms with Crippen LogP contribution in [0.1, 0.15) is 10.5 Å². The third-order valence-electron chi connectivity index (χ3n) is 2.53. The van der Waals surface area contributed by atoms with Crippen LogP contribution in [0.15, 0.2) is 36.0 Å². The Morgan fingerprint density at radius 2 is 2.28 bits per heavy atom. The van der Waals surface area contributed by atoms with Crippen LogP contribution in [-0.4, -0.2) is 20.7 Å². The minimum absolute atomic E-state index is 0.217. The van der Waals surface area contributed by atoms with Gasteiger partial charge < -0.3 is 5.32 Å². The van der Waals surface area contributed by atoms with Crippen LogP contribution in [-0.2, 0) is 7.05 Å². The first kappa shape index (κ1) is 10.9. The molecular weight excluding hydrogens is 248 g/mol. The molecule has 0 aliphatic carbocycles. The summed E-state index contributed by atoms with van der Waals surface area (Å²) in [4.78, 5) is 16.1. The highest BCUT2D eigenvalue weighted by Gasteiger charge is 2.09. The van der Waals surface area contributed by atoms with Crippen molar-refractivity contribution in [3.05, 3.63) is 41.7 Å². The van der Waals surface area contributed by atoms with Crippen LogP contribution in [0.4, 0.5) is 5.69 Å². The van der Waals surface area contributed by atoms with Crippen molar-refractivity contribution in [2.24, 2.45) is 7.05 Å². The number of rotatable bonds is 2. The molecule has 0 radical (unpaired) electrons. The van der Waals surface area contributed by atoms with Crippen LogP contribution in [0.25, 0.3) is 10.2 Å². The lowest BCUT2D eigenvalue weighted by molar-refractivity contribution is 0.102. The lowest BCUT2D eigenvalue weighted by Crippen LogP contribution is -2.12. The quantitative estimate of drug-likeness (QED) is 0.767. The summed E-state index contributed by atoms with van der Waals surface area (Å²) in [5.41, 5.74) is 3.80. The number of carbonyl (C=O) groups excluding carboxylic acids is 1. The molecule has 5 nitrogen and oxygen atoms in total. The van der Waals surface area contributed by atoms with Crippen molar-refractivity contribution in [3.63, 3.8) is 0 Å². The highest BCUT2D eigenvalue weighted by molar-refractivity contribution is 7.16. The Kier molecular flexibility index (Phi) is 2.56. The molecule has 3 rings (SSSR count). The highest BCUT2D eigenvalue weighted by atomic mass is 32.1. The molecule has 0 saturated carbocycles. The summed E-state index contributed by atoms with van der Waals surface area (Å²) in [5.74, 6) is -0.217. The maximum atomic E-state index is 11.9. The fourth-order valence-corrected chi connectivity index (χ4v) is 2.33. The standard InChI is InChI=1S/C12H10N4OS/c1-16-5-4-9(15-16)12(17)14-8-2-3-11-10(6-8)13-7-18-11/h2-7H,1H3,(H,14,17). The number of anilines is 1. The van der Waals surface area contributed by atoms with E-state index in [1.165, 1.54) is 0 Å². The molecule has 0 aliphatic rings. The molecule has 0 aliphatic heterocycles. The van der Waals surface area contributed by atoms with Crippen molar-refractivity contribution in [2.75, 3.05) is 5.32 Å². The van der Waals surface area contributed by atoms with Crippen LogP contribution in [0.2, 0.25) is 0 Å². The number of aryl methyl sites for hydroxylation is 1. The third kappa shape index (κ3) is 1.98. The van der Waals surface area contributed by atoms with Gasteiger partial charge >= 0.3 is 0 Å². The highest BCUT2D eigenvalue weighted by Crippen LogP contribution is 2.21. The van der Waals surface area contributed by atoms with E-state index in [4.69, 9.17) is 0 Å². The largest absolute Gasteiger partial charge is 0.321 e. The molecule has 0 atom stereocenters. The molecule has 18 heavy (non-hydrogen) atoms. The first-order valence-corrected chi connectivity index (χ1v) is 6.24. The maximum Gasteiger partial charge on any atom is 0.276 e. The normalized spacial score (nSPS) is 10.7.